The van der Waals surface area contributed by atoms with Crippen LogP contribution < -0.4 is 0 Å². The zero-order chi connectivity index (χ0) is 13.9. The lowest BCUT2D eigenvalue weighted by Crippen LogP contribution is -2.26. The third-order valence-electron chi connectivity index (χ3n) is 2.42. The molecule has 18 heavy (non-hydrogen) atoms. The van der Waals surface area contributed by atoms with Crippen LogP contribution in [0, 0.1) is 0 Å². The second-order valence-corrected chi connectivity index (χ2v) is 5.18. The van der Waals surface area contributed by atoms with Crippen molar-refractivity contribution in [2.75, 3.05) is 0 Å². The number of esters is 1. The van der Waals surface area contributed by atoms with E-state index in [0.717, 1.165) is 5.56 Å². The first-order valence-corrected chi connectivity index (χ1v) is 5.77. The molecule has 1 aromatic carbocycles. The highest BCUT2D eigenvalue weighted by Crippen LogP contribution is 2.20. The summed E-state index contributed by atoms with van der Waals surface area (Å²) in [7, 11) is 0. The van der Waals surface area contributed by atoms with Crippen molar-refractivity contribution in [3.05, 3.63) is 35.4 Å². The van der Waals surface area contributed by atoms with Crippen molar-refractivity contribution < 1.29 is 19.4 Å². The van der Waals surface area contributed by atoms with Crippen LogP contribution in [-0.2, 0) is 9.53 Å². The minimum Gasteiger partial charge on any atom is -0.478 e. The molecule has 0 bridgehead atoms. The number of carboxylic acids is 1. The van der Waals surface area contributed by atoms with E-state index in [1.807, 2.05) is 20.8 Å². The Kier molecular flexibility index (Phi) is 4.11. The minimum atomic E-state index is -0.980. The van der Waals surface area contributed by atoms with Gasteiger partial charge in [0, 0.05) is 0 Å². The summed E-state index contributed by atoms with van der Waals surface area (Å²) < 4.78 is 5.28. The number of carbonyl (C=O) groups excluding carboxylic acids is 1. The molecule has 98 valence electrons. The van der Waals surface area contributed by atoms with E-state index in [1.54, 1.807) is 19.1 Å². The maximum atomic E-state index is 11.8. The number of rotatable bonds is 3. The molecule has 0 radical (unpaired) electrons. The summed E-state index contributed by atoms with van der Waals surface area (Å²) in [6.45, 7) is 7.17. The first kappa shape index (κ1) is 14.2. The van der Waals surface area contributed by atoms with Gasteiger partial charge < -0.3 is 9.84 Å². The van der Waals surface area contributed by atoms with Gasteiger partial charge in [-0.25, -0.2) is 4.79 Å². The topological polar surface area (TPSA) is 63.6 Å². The summed E-state index contributed by atoms with van der Waals surface area (Å²) in [6.07, 6.45) is 0. The van der Waals surface area contributed by atoms with Crippen molar-refractivity contribution in [1.29, 1.82) is 0 Å². The van der Waals surface area contributed by atoms with E-state index in [4.69, 9.17) is 9.84 Å². The Balaban J connectivity index is 2.81. The van der Waals surface area contributed by atoms with Gasteiger partial charge in [0.2, 0.25) is 0 Å². The molecule has 1 atom stereocenters. The number of hydrogen-bond donors (Lipinski definition) is 1. The van der Waals surface area contributed by atoms with E-state index in [2.05, 4.69) is 0 Å². The molecule has 0 aliphatic carbocycles. The Labute approximate surface area is 107 Å². The fourth-order valence-electron chi connectivity index (χ4n) is 1.44. The second-order valence-electron chi connectivity index (χ2n) is 5.18. The maximum Gasteiger partial charge on any atom is 0.335 e. The molecule has 0 aliphatic heterocycles. The number of aromatic carboxylic acids is 1. The monoisotopic (exact) mass is 250 g/mol. The predicted octanol–water partition coefficient (Wildman–Crippen LogP) is 2.83. The van der Waals surface area contributed by atoms with Gasteiger partial charge in [-0.05, 0) is 45.4 Å². The Bertz CT molecular complexity index is 440. The Morgan fingerprint density at radius 1 is 1.17 bits per heavy atom. The lowest BCUT2D eigenvalue weighted by atomic mass is 9.99. The first-order chi connectivity index (χ1) is 8.20. The molecule has 0 spiro atoms. The summed E-state index contributed by atoms with van der Waals surface area (Å²) in [5.74, 6) is -1.70. The molecule has 0 heterocycles. The van der Waals surface area contributed by atoms with Crippen LogP contribution in [0.15, 0.2) is 24.3 Å². The van der Waals surface area contributed by atoms with Crippen molar-refractivity contribution in [2.24, 2.45) is 0 Å². The summed E-state index contributed by atoms with van der Waals surface area (Å²) in [6, 6.07) is 6.24. The van der Waals surface area contributed by atoms with Gasteiger partial charge in [0.1, 0.15) is 5.60 Å². The zero-order valence-electron chi connectivity index (χ0n) is 11.1. The van der Waals surface area contributed by atoms with Crippen LogP contribution in [0.3, 0.4) is 0 Å². The Hall–Kier alpha value is -1.84. The lowest BCUT2D eigenvalue weighted by Gasteiger charge is -2.22. The van der Waals surface area contributed by atoms with Gasteiger partial charge in [0.25, 0.3) is 0 Å². The predicted molar refractivity (Wildman–Crippen MR) is 67.7 cm³/mol. The number of carbonyl (C=O) groups is 2. The van der Waals surface area contributed by atoms with Gasteiger partial charge in [-0.15, -0.1) is 0 Å². The molecule has 0 aromatic heterocycles. The molecule has 0 saturated heterocycles. The van der Waals surface area contributed by atoms with Crippen LogP contribution in [0.25, 0.3) is 0 Å². The van der Waals surface area contributed by atoms with E-state index >= 15 is 0 Å². The fourth-order valence-corrected chi connectivity index (χ4v) is 1.44. The summed E-state index contributed by atoms with van der Waals surface area (Å²) in [5.41, 5.74) is 0.427. The van der Waals surface area contributed by atoms with Gasteiger partial charge in [-0.2, -0.15) is 0 Å². The highest BCUT2D eigenvalue weighted by molar-refractivity contribution is 5.87. The van der Waals surface area contributed by atoms with E-state index in [9.17, 15) is 9.59 Å². The molecule has 0 amide bonds. The second kappa shape index (κ2) is 5.21. The average Bonchev–Trinajstić information content (AvgIpc) is 2.26. The molecular weight excluding hydrogens is 232 g/mol. The first-order valence-electron chi connectivity index (χ1n) is 5.77. The largest absolute Gasteiger partial charge is 0.478 e. The highest BCUT2D eigenvalue weighted by atomic mass is 16.6. The van der Waals surface area contributed by atoms with E-state index in [1.165, 1.54) is 12.1 Å². The van der Waals surface area contributed by atoms with Crippen molar-refractivity contribution >= 4 is 11.9 Å². The van der Waals surface area contributed by atoms with Gasteiger partial charge in [-0.1, -0.05) is 12.1 Å². The molecule has 1 rings (SSSR count). The van der Waals surface area contributed by atoms with Crippen LogP contribution in [-0.4, -0.2) is 22.6 Å². The summed E-state index contributed by atoms with van der Waals surface area (Å²) >= 11 is 0. The van der Waals surface area contributed by atoms with Crippen LogP contribution in [0.5, 0.6) is 0 Å². The van der Waals surface area contributed by atoms with Gasteiger partial charge in [0.05, 0.1) is 11.5 Å². The van der Waals surface area contributed by atoms with E-state index in [-0.39, 0.29) is 11.5 Å². The van der Waals surface area contributed by atoms with E-state index in [0.29, 0.717) is 0 Å². The molecule has 0 fully saturated rings. The minimum absolute atomic E-state index is 0.204. The van der Waals surface area contributed by atoms with E-state index < -0.39 is 17.5 Å². The third kappa shape index (κ3) is 3.87. The zero-order valence-corrected chi connectivity index (χ0v) is 11.1. The lowest BCUT2D eigenvalue weighted by molar-refractivity contribution is -0.156. The molecular formula is C14H18O4. The standard InChI is InChI=1S/C14H18O4/c1-9(13(17)18-14(2,3)4)10-5-7-11(8-6-10)12(15)16/h5-9H,1-4H3,(H,15,16)/t9-/m1/s1. The molecule has 0 saturated carbocycles. The quantitative estimate of drug-likeness (QED) is 0.838. The summed E-state index contributed by atoms with van der Waals surface area (Å²) in [5, 5.41) is 8.78. The van der Waals surface area contributed by atoms with Gasteiger partial charge in [0.15, 0.2) is 0 Å². The van der Waals surface area contributed by atoms with Crippen molar-refractivity contribution in [3.63, 3.8) is 0 Å². The highest BCUT2D eigenvalue weighted by Gasteiger charge is 2.22. The molecule has 0 aliphatic rings. The number of hydrogen-bond acceptors (Lipinski definition) is 3. The normalized spacial score (nSPS) is 12.9. The summed E-state index contributed by atoms with van der Waals surface area (Å²) in [4.78, 5) is 22.6. The number of carboxylic acid groups (broad SMARTS) is 1. The van der Waals surface area contributed by atoms with Crippen LogP contribution in [0.4, 0.5) is 0 Å². The average molecular weight is 250 g/mol. The molecule has 4 heteroatoms. The fraction of sp³-hybridized carbons (Fsp3) is 0.429. The van der Waals surface area contributed by atoms with Crippen LogP contribution in [0.2, 0.25) is 0 Å². The smallest absolute Gasteiger partial charge is 0.335 e. The Morgan fingerprint density at radius 2 is 1.67 bits per heavy atom. The van der Waals surface area contributed by atoms with Crippen LogP contribution in [0.1, 0.15) is 49.5 Å². The molecule has 1 N–H and O–H groups in total. The number of benzene rings is 1. The van der Waals surface area contributed by atoms with Crippen molar-refractivity contribution in [2.45, 2.75) is 39.2 Å². The maximum absolute atomic E-state index is 11.8. The van der Waals surface area contributed by atoms with Gasteiger partial charge >= 0.3 is 11.9 Å². The molecule has 0 unspecified atom stereocenters. The van der Waals surface area contributed by atoms with Gasteiger partial charge in [-0.3, -0.25) is 4.79 Å². The SMILES string of the molecule is C[C@@H](C(=O)OC(C)(C)C)c1ccc(C(=O)O)cc1. The van der Waals surface area contributed by atoms with Crippen LogP contribution >= 0.6 is 0 Å². The number of ether oxygens (including phenoxy) is 1. The van der Waals surface area contributed by atoms with Crippen molar-refractivity contribution in [3.8, 4) is 0 Å². The third-order valence-corrected chi connectivity index (χ3v) is 2.42. The molecule has 4 nitrogen and oxygen atoms in total. The Morgan fingerprint density at radius 3 is 2.06 bits per heavy atom. The molecule has 1 aromatic rings. The van der Waals surface area contributed by atoms with Crippen molar-refractivity contribution in [1.82, 2.24) is 0 Å².